The van der Waals surface area contributed by atoms with Gasteiger partial charge in [-0.15, -0.1) is 5.10 Å². The van der Waals surface area contributed by atoms with E-state index in [1.807, 2.05) is 11.6 Å². The SMILES string of the molecule is CCc1nc(C(N)=O)nn1C1CCC(N)CC1. The molecule has 0 unspecified atom stereocenters. The predicted octanol–water partition coefficient (Wildman–Crippen LogP) is 0.382. The summed E-state index contributed by atoms with van der Waals surface area (Å²) in [5.74, 6) is 0.391. The van der Waals surface area contributed by atoms with Crippen LogP contribution in [0.2, 0.25) is 0 Å². The number of aromatic nitrogens is 3. The fourth-order valence-corrected chi connectivity index (χ4v) is 2.34. The van der Waals surface area contributed by atoms with Crippen molar-refractivity contribution in [2.75, 3.05) is 0 Å². The number of hydrogen-bond donors (Lipinski definition) is 2. The molecule has 1 heterocycles. The average molecular weight is 237 g/mol. The second kappa shape index (κ2) is 4.83. The van der Waals surface area contributed by atoms with Gasteiger partial charge in [-0.05, 0) is 25.7 Å². The van der Waals surface area contributed by atoms with Gasteiger partial charge in [0.2, 0.25) is 5.82 Å². The monoisotopic (exact) mass is 237 g/mol. The second-order valence-electron chi connectivity index (χ2n) is 4.58. The quantitative estimate of drug-likeness (QED) is 0.793. The van der Waals surface area contributed by atoms with E-state index in [1.165, 1.54) is 0 Å². The molecule has 1 aliphatic rings. The third-order valence-corrected chi connectivity index (χ3v) is 3.33. The first-order valence-corrected chi connectivity index (χ1v) is 6.12. The van der Waals surface area contributed by atoms with Crippen LogP contribution in [0.3, 0.4) is 0 Å². The third kappa shape index (κ3) is 2.46. The Labute approximate surface area is 100 Å². The van der Waals surface area contributed by atoms with Crippen molar-refractivity contribution in [3.05, 3.63) is 11.6 Å². The fourth-order valence-electron chi connectivity index (χ4n) is 2.34. The third-order valence-electron chi connectivity index (χ3n) is 3.33. The summed E-state index contributed by atoms with van der Waals surface area (Å²) in [5, 5.41) is 4.22. The number of rotatable bonds is 3. The standard InChI is InChI=1S/C11H19N5O/c1-2-9-14-11(10(13)17)15-16(9)8-5-3-7(12)4-6-8/h7-8H,2-6,12H2,1H3,(H2,13,17). The van der Waals surface area contributed by atoms with Crippen molar-refractivity contribution in [2.45, 2.75) is 51.1 Å². The van der Waals surface area contributed by atoms with Crippen molar-refractivity contribution in [1.29, 1.82) is 0 Å². The molecule has 1 aliphatic carbocycles. The summed E-state index contributed by atoms with van der Waals surface area (Å²) in [6.07, 6.45) is 4.74. The van der Waals surface area contributed by atoms with E-state index in [0.717, 1.165) is 37.9 Å². The molecule has 0 atom stereocenters. The fraction of sp³-hybridized carbons (Fsp3) is 0.727. The maximum atomic E-state index is 11.1. The molecular weight excluding hydrogens is 218 g/mol. The van der Waals surface area contributed by atoms with E-state index in [2.05, 4.69) is 10.1 Å². The van der Waals surface area contributed by atoms with E-state index in [-0.39, 0.29) is 5.82 Å². The van der Waals surface area contributed by atoms with E-state index in [4.69, 9.17) is 11.5 Å². The number of primary amides is 1. The highest BCUT2D eigenvalue weighted by molar-refractivity contribution is 5.88. The Morgan fingerprint density at radius 2 is 2.06 bits per heavy atom. The van der Waals surface area contributed by atoms with E-state index in [0.29, 0.717) is 12.1 Å². The minimum atomic E-state index is -0.564. The number of carbonyl (C=O) groups is 1. The number of hydrogen-bond acceptors (Lipinski definition) is 4. The molecule has 1 fully saturated rings. The van der Waals surface area contributed by atoms with Crippen LogP contribution < -0.4 is 11.5 Å². The summed E-state index contributed by atoms with van der Waals surface area (Å²) in [6, 6.07) is 0.612. The number of nitrogens with two attached hydrogens (primary N) is 2. The lowest BCUT2D eigenvalue weighted by atomic mass is 9.92. The van der Waals surface area contributed by atoms with Crippen LogP contribution >= 0.6 is 0 Å². The van der Waals surface area contributed by atoms with Crippen LogP contribution in [-0.4, -0.2) is 26.7 Å². The van der Waals surface area contributed by atoms with Crippen molar-refractivity contribution in [3.8, 4) is 0 Å². The Kier molecular flexibility index (Phi) is 3.42. The van der Waals surface area contributed by atoms with E-state index < -0.39 is 5.91 Å². The van der Waals surface area contributed by atoms with Gasteiger partial charge in [-0.25, -0.2) is 9.67 Å². The van der Waals surface area contributed by atoms with Gasteiger partial charge in [-0.1, -0.05) is 6.92 Å². The van der Waals surface area contributed by atoms with Crippen LogP contribution in [0.1, 0.15) is 55.1 Å². The van der Waals surface area contributed by atoms with Gasteiger partial charge in [0.15, 0.2) is 0 Å². The predicted molar refractivity (Wildman–Crippen MR) is 63.4 cm³/mol. The second-order valence-corrected chi connectivity index (χ2v) is 4.58. The number of amides is 1. The first-order chi connectivity index (χ1) is 8.11. The largest absolute Gasteiger partial charge is 0.363 e. The summed E-state index contributed by atoms with van der Waals surface area (Å²) in [5.41, 5.74) is 11.1. The maximum Gasteiger partial charge on any atom is 0.288 e. The molecule has 0 spiro atoms. The Balaban J connectivity index is 2.21. The van der Waals surface area contributed by atoms with Gasteiger partial charge in [0.1, 0.15) is 5.82 Å². The van der Waals surface area contributed by atoms with Gasteiger partial charge in [-0.3, -0.25) is 4.79 Å². The summed E-state index contributed by atoms with van der Waals surface area (Å²) >= 11 is 0. The first-order valence-electron chi connectivity index (χ1n) is 6.12. The van der Waals surface area contributed by atoms with Gasteiger partial charge in [0.25, 0.3) is 5.91 Å². The Morgan fingerprint density at radius 3 is 2.59 bits per heavy atom. The highest BCUT2D eigenvalue weighted by Crippen LogP contribution is 2.28. The smallest absolute Gasteiger partial charge is 0.288 e. The zero-order chi connectivity index (χ0) is 12.4. The lowest BCUT2D eigenvalue weighted by Crippen LogP contribution is -2.29. The van der Waals surface area contributed by atoms with Crippen LogP contribution in [-0.2, 0) is 6.42 Å². The molecule has 17 heavy (non-hydrogen) atoms. The van der Waals surface area contributed by atoms with Crippen molar-refractivity contribution < 1.29 is 4.79 Å². The number of carbonyl (C=O) groups excluding carboxylic acids is 1. The molecule has 1 aromatic heterocycles. The Bertz CT molecular complexity index is 406. The van der Waals surface area contributed by atoms with E-state index in [1.54, 1.807) is 0 Å². The zero-order valence-corrected chi connectivity index (χ0v) is 10.1. The average Bonchev–Trinajstić information content (AvgIpc) is 2.74. The van der Waals surface area contributed by atoms with Gasteiger partial charge in [0, 0.05) is 12.5 Å². The molecule has 6 nitrogen and oxygen atoms in total. The molecular formula is C11H19N5O. The molecule has 0 radical (unpaired) electrons. The molecule has 94 valence electrons. The van der Waals surface area contributed by atoms with Crippen molar-refractivity contribution >= 4 is 5.91 Å². The molecule has 4 N–H and O–H groups in total. The van der Waals surface area contributed by atoms with Crippen molar-refractivity contribution in [2.24, 2.45) is 11.5 Å². The number of nitrogens with zero attached hydrogens (tertiary/aromatic N) is 3. The molecule has 0 bridgehead atoms. The summed E-state index contributed by atoms with van der Waals surface area (Å²) in [7, 11) is 0. The van der Waals surface area contributed by atoms with E-state index >= 15 is 0 Å². The lowest BCUT2D eigenvalue weighted by Gasteiger charge is -2.26. The van der Waals surface area contributed by atoms with Gasteiger partial charge in [0.05, 0.1) is 6.04 Å². The maximum absolute atomic E-state index is 11.1. The summed E-state index contributed by atoms with van der Waals surface area (Å²) in [4.78, 5) is 15.2. The molecule has 2 rings (SSSR count). The lowest BCUT2D eigenvalue weighted by molar-refractivity contribution is 0.0989. The Hall–Kier alpha value is -1.43. The molecule has 1 amide bonds. The van der Waals surface area contributed by atoms with E-state index in [9.17, 15) is 4.79 Å². The van der Waals surface area contributed by atoms with Crippen LogP contribution in [0.5, 0.6) is 0 Å². The van der Waals surface area contributed by atoms with Crippen LogP contribution in [0, 0.1) is 0 Å². The minimum Gasteiger partial charge on any atom is -0.363 e. The van der Waals surface area contributed by atoms with Crippen LogP contribution in [0.4, 0.5) is 0 Å². The normalized spacial score (nSPS) is 24.8. The minimum absolute atomic E-state index is 0.122. The Morgan fingerprint density at radius 1 is 1.41 bits per heavy atom. The molecule has 1 saturated carbocycles. The summed E-state index contributed by atoms with van der Waals surface area (Å²) in [6.45, 7) is 2.00. The highest BCUT2D eigenvalue weighted by Gasteiger charge is 2.24. The van der Waals surface area contributed by atoms with Gasteiger partial charge < -0.3 is 11.5 Å². The summed E-state index contributed by atoms with van der Waals surface area (Å²) < 4.78 is 1.87. The highest BCUT2D eigenvalue weighted by atomic mass is 16.1. The van der Waals surface area contributed by atoms with Gasteiger partial charge >= 0.3 is 0 Å². The van der Waals surface area contributed by atoms with Crippen LogP contribution in [0.15, 0.2) is 0 Å². The zero-order valence-electron chi connectivity index (χ0n) is 10.1. The molecule has 0 aromatic carbocycles. The molecule has 6 heteroatoms. The van der Waals surface area contributed by atoms with Crippen molar-refractivity contribution in [3.63, 3.8) is 0 Å². The molecule has 0 aliphatic heterocycles. The van der Waals surface area contributed by atoms with Crippen LogP contribution in [0.25, 0.3) is 0 Å². The number of aryl methyl sites for hydroxylation is 1. The van der Waals surface area contributed by atoms with Crippen molar-refractivity contribution in [1.82, 2.24) is 14.8 Å². The van der Waals surface area contributed by atoms with Gasteiger partial charge in [-0.2, -0.15) is 0 Å². The molecule has 0 saturated heterocycles. The topological polar surface area (TPSA) is 99.8 Å². The molecule has 1 aromatic rings. The first kappa shape index (κ1) is 12.0.